The van der Waals surface area contributed by atoms with Gasteiger partial charge in [-0.05, 0) is 55.4 Å². The van der Waals surface area contributed by atoms with Crippen LogP contribution >= 0.6 is 0 Å². The predicted molar refractivity (Wildman–Crippen MR) is 140 cm³/mol. The molecule has 1 aliphatic carbocycles. The maximum atomic E-state index is 6.32. The molecule has 2 aromatic heterocycles. The summed E-state index contributed by atoms with van der Waals surface area (Å²) in [5.74, 6) is 2.06. The molecule has 0 radical (unpaired) electrons. The van der Waals surface area contributed by atoms with Gasteiger partial charge in [-0.1, -0.05) is 42.8 Å². The molecule has 0 saturated heterocycles. The fourth-order valence-electron chi connectivity index (χ4n) is 4.80. The summed E-state index contributed by atoms with van der Waals surface area (Å²) in [6, 6.07) is 16.2. The van der Waals surface area contributed by atoms with E-state index in [0.717, 1.165) is 47.7 Å². The molecule has 0 amide bonds. The zero-order valence-corrected chi connectivity index (χ0v) is 20.7. The quantitative estimate of drug-likeness (QED) is 0.436. The number of imidazole rings is 1. The molecule has 4 bridgehead atoms. The summed E-state index contributed by atoms with van der Waals surface area (Å²) in [6.45, 7) is 4.59. The SMILES string of the molecule is Cc1nc2c(N)nc3nc2n1Cc1ccc(-c2ccc(CNC4CCC4)cc2)c(c1)OCCCCO3. The van der Waals surface area contributed by atoms with Crippen molar-refractivity contribution in [3.8, 4) is 22.9 Å². The van der Waals surface area contributed by atoms with Gasteiger partial charge in [-0.3, -0.25) is 0 Å². The molecular formula is C28H32N6O2. The lowest BCUT2D eigenvalue weighted by Crippen LogP contribution is -2.34. The van der Waals surface area contributed by atoms with Crippen molar-refractivity contribution in [3.05, 3.63) is 59.4 Å². The number of nitrogen functional groups attached to an aromatic ring is 1. The molecule has 0 unspecified atom stereocenters. The average molecular weight is 485 g/mol. The second kappa shape index (κ2) is 9.78. The van der Waals surface area contributed by atoms with Crippen LogP contribution in [0.1, 0.15) is 49.1 Å². The van der Waals surface area contributed by atoms with E-state index in [1.165, 1.54) is 24.8 Å². The standard InChI is InChI=1S/C28H32N6O2/c1-18-31-25-26(29)32-28-33-27(25)34(18)17-20-9-12-23(24(15-20)35-13-2-3-14-36-28)21-10-7-19(8-11-21)16-30-22-5-4-6-22/h7-12,15,22,30H,2-6,13-14,16-17H2,1H3,(H2,29,32,33). The first-order chi connectivity index (χ1) is 17.6. The Morgan fingerprint density at radius 2 is 1.78 bits per heavy atom. The van der Waals surface area contributed by atoms with Crippen molar-refractivity contribution in [2.75, 3.05) is 18.9 Å². The number of hydrogen-bond acceptors (Lipinski definition) is 7. The smallest absolute Gasteiger partial charge is 0.320 e. The van der Waals surface area contributed by atoms with Crippen molar-refractivity contribution in [2.24, 2.45) is 0 Å². The minimum atomic E-state index is 0.293. The number of anilines is 1. The maximum absolute atomic E-state index is 6.32. The molecule has 0 atom stereocenters. The number of aromatic nitrogens is 4. The first kappa shape index (κ1) is 22.8. The summed E-state index contributed by atoms with van der Waals surface area (Å²) >= 11 is 0. The topological polar surface area (TPSA) is 100 Å². The van der Waals surface area contributed by atoms with Crippen LogP contribution in [0, 0.1) is 6.92 Å². The van der Waals surface area contributed by atoms with Gasteiger partial charge in [0.25, 0.3) is 0 Å². The van der Waals surface area contributed by atoms with Crippen molar-refractivity contribution in [3.63, 3.8) is 0 Å². The molecule has 2 aliphatic rings. The van der Waals surface area contributed by atoms with Gasteiger partial charge < -0.3 is 25.1 Å². The van der Waals surface area contributed by atoms with Crippen molar-refractivity contribution >= 4 is 17.0 Å². The third-order valence-electron chi connectivity index (χ3n) is 7.17. The normalized spacial score (nSPS) is 16.2. The van der Waals surface area contributed by atoms with Gasteiger partial charge in [-0.2, -0.15) is 9.97 Å². The van der Waals surface area contributed by atoms with Crippen LogP contribution in [0.15, 0.2) is 42.5 Å². The number of ether oxygens (including phenoxy) is 2. The van der Waals surface area contributed by atoms with E-state index in [1.807, 2.05) is 6.92 Å². The Hall–Kier alpha value is -3.65. The van der Waals surface area contributed by atoms with E-state index in [9.17, 15) is 0 Å². The third kappa shape index (κ3) is 4.60. The van der Waals surface area contributed by atoms with Crippen LogP contribution in [0.4, 0.5) is 5.82 Å². The number of nitrogens with one attached hydrogen (secondary N) is 1. The Morgan fingerprint density at radius 1 is 0.972 bits per heavy atom. The molecule has 2 aromatic carbocycles. The van der Waals surface area contributed by atoms with Crippen molar-refractivity contribution < 1.29 is 9.47 Å². The van der Waals surface area contributed by atoms with Gasteiger partial charge in [0.1, 0.15) is 11.6 Å². The summed E-state index contributed by atoms with van der Waals surface area (Å²) in [5, 5.41) is 3.64. The first-order valence-electron chi connectivity index (χ1n) is 12.9. The summed E-state index contributed by atoms with van der Waals surface area (Å²) in [5.41, 5.74) is 12.1. The Labute approximate surface area is 210 Å². The number of fused-ring (bicyclic) bond motifs is 3. The maximum Gasteiger partial charge on any atom is 0.320 e. The van der Waals surface area contributed by atoms with E-state index in [4.69, 9.17) is 15.2 Å². The molecule has 1 fully saturated rings. The van der Waals surface area contributed by atoms with Gasteiger partial charge in [0.15, 0.2) is 17.0 Å². The molecule has 3 heterocycles. The van der Waals surface area contributed by atoms with Gasteiger partial charge in [0, 0.05) is 18.2 Å². The molecule has 8 heteroatoms. The first-order valence-corrected chi connectivity index (χ1v) is 12.9. The summed E-state index contributed by atoms with van der Waals surface area (Å²) in [7, 11) is 0. The monoisotopic (exact) mass is 484 g/mol. The number of aryl methyl sites for hydroxylation is 1. The van der Waals surface area contributed by atoms with Crippen LogP contribution in [-0.4, -0.2) is 38.8 Å². The minimum absolute atomic E-state index is 0.293. The molecule has 4 aromatic rings. The summed E-state index contributed by atoms with van der Waals surface area (Å²) in [4.78, 5) is 13.5. The van der Waals surface area contributed by atoms with Gasteiger partial charge in [0.2, 0.25) is 0 Å². The predicted octanol–water partition coefficient (Wildman–Crippen LogP) is 4.63. The Morgan fingerprint density at radius 3 is 2.56 bits per heavy atom. The summed E-state index contributed by atoms with van der Waals surface area (Å²) in [6.07, 6.45) is 5.64. The fraction of sp³-hybridized carbons (Fsp3) is 0.393. The number of nitrogens with two attached hydrogens (primary N) is 1. The molecule has 6 rings (SSSR count). The molecule has 36 heavy (non-hydrogen) atoms. The van der Waals surface area contributed by atoms with Gasteiger partial charge >= 0.3 is 6.01 Å². The Bertz CT molecular complexity index is 1380. The average Bonchev–Trinajstić information content (AvgIpc) is 3.16. The fourth-order valence-corrected chi connectivity index (χ4v) is 4.80. The molecular weight excluding hydrogens is 452 g/mol. The van der Waals surface area contributed by atoms with E-state index >= 15 is 0 Å². The van der Waals surface area contributed by atoms with Crippen LogP contribution < -0.4 is 20.5 Å². The highest BCUT2D eigenvalue weighted by atomic mass is 16.5. The zero-order valence-electron chi connectivity index (χ0n) is 20.7. The zero-order chi connectivity index (χ0) is 24.5. The number of benzene rings is 2. The van der Waals surface area contributed by atoms with E-state index in [2.05, 4.69) is 67.3 Å². The van der Waals surface area contributed by atoms with Crippen LogP contribution in [-0.2, 0) is 13.1 Å². The highest BCUT2D eigenvalue weighted by Crippen LogP contribution is 2.33. The Balaban J connectivity index is 1.31. The lowest BCUT2D eigenvalue weighted by Gasteiger charge is -2.26. The van der Waals surface area contributed by atoms with Crippen LogP contribution in [0.3, 0.4) is 0 Å². The highest BCUT2D eigenvalue weighted by Gasteiger charge is 2.18. The van der Waals surface area contributed by atoms with E-state index in [1.54, 1.807) is 0 Å². The van der Waals surface area contributed by atoms with E-state index < -0.39 is 0 Å². The lowest BCUT2D eigenvalue weighted by molar-refractivity contribution is 0.255. The van der Waals surface area contributed by atoms with E-state index in [0.29, 0.717) is 48.8 Å². The molecule has 0 spiro atoms. The van der Waals surface area contributed by atoms with Crippen molar-refractivity contribution in [1.29, 1.82) is 0 Å². The third-order valence-corrected chi connectivity index (χ3v) is 7.17. The second-order valence-corrected chi connectivity index (χ2v) is 9.75. The minimum Gasteiger partial charge on any atom is -0.493 e. The molecule has 1 aliphatic heterocycles. The number of rotatable bonds is 4. The van der Waals surface area contributed by atoms with Crippen molar-refractivity contribution in [2.45, 2.75) is 58.2 Å². The highest BCUT2D eigenvalue weighted by molar-refractivity contribution is 5.82. The summed E-state index contributed by atoms with van der Waals surface area (Å²) < 4.78 is 14.2. The number of nitrogens with zero attached hydrogens (tertiary/aromatic N) is 4. The van der Waals surface area contributed by atoms with Crippen LogP contribution in [0.5, 0.6) is 11.8 Å². The van der Waals surface area contributed by atoms with Gasteiger partial charge in [-0.25, -0.2) is 4.98 Å². The van der Waals surface area contributed by atoms with Crippen molar-refractivity contribution in [1.82, 2.24) is 24.8 Å². The second-order valence-electron chi connectivity index (χ2n) is 9.75. The van der Waals surface area contributed by atoms with Crippen LogP contribution in [0.2, 0.25) is 0 Å². The molecule has 1 saturated carbocycles. The molecule has 8 nitrogen and oxygen atoms in total. The lowest BCUT2D eigenvalue weighted by atomic mass is 9.93. The van der Waals surface area contributed by atoms with Gasteiger partial charge in [-0.15, -0.1) is 0 Å². The Kier molecular flexibility index (Phi) is 6.19. The van der Waals surface area contributed by atoms with E-state index in [-0.39, 0.29) is 0 Å². The molecule has 3 N–H and O–H groups in total. The number of hydrogen-bond donors (Lipinski definition) is 2. The van der Waals surface area contributed by atoms with Gasteiger partial charge in [0.05, 0.1) is 19.8 Å². The molecule has 186 valence electrons. The largest absolute Gasteiger partial charge is 0.493 e. The van der Waals surface area contributed by atoms with Crippen LogP contribution in [0.25, 0.3) is 22.3 Å².